The summed E-state index contributed by atoms with van der Waals surface area (Å²) in [4.78, 5) is 0. The van der Waals surface area contributed by atoms with Gasteiger partial charge in [-0.3, -0.25) is 0 Å². The molecule has 1 aromatic rings. The smallest absolute Gasteiger partial charge is 0.238 e. The van der Waals surface area contributed by atoms with Gasteiger partial charge in [0.1, 0.15) is 6.10 Å². The molecule has 0 saturated heterocycles. The molecule has 0 amide bonds. The number of rotatable bonds is 3. The van der Waals surface area contributed by atoms with Gasteiger partial charge in [-0.05, 0) is 51.0 Å². The van der Waals surface area contributed by atoms with Gasteiger partial charge in [-0.1, -0.05) is 6.92 Å². The summed E-state index contributed by atoms with van der Waals surface area (Å²) in [6, 6.07) is 0. The van der Waals surface area contributed by atoms with Crippen molar-refractivity contribution < 1.29 is 4.74 Å². The van der Waals surface area contributed by atoms with Gasteiger partial charge < -0.3 is 10.5 Å². The lowest BCUT2D eigenvalue weighted by Crippen LogP contribution is -2.24. The number of aryl methyl sites for hydroxylation is 1. The molecular weight excluding hydrogens is 226 g/mol. The van der Waals surface area contributed by atoms with Crippen LogP contribution in [0.25, 0.3) is 0 Å². The van der Waals surface area contributed by atoms with Gasteiger partial charge in [0.05, 0.1) is 5.69 Å². The third-order valence-electron chi connectivity index (χ3n) is 3.99. The Kier molecular flexibility index (Phi) is 4.17. The largest absolute Gasteiger partial charge is 0.473 e. The monoisotopic (exact) mass is 249 g/mol. The highest BCUT2D eigenvalue weighted by molar-refractivity contribution is 5.35. The average Bonchev–Trinajstić information content (AvgIpc) is 2.37. The number of hydrogen-bond acceptors (Lipinski definition) is 4. The number of aromatic nitrogens is 2. The van der Waals surface area contributed by atoms with Crippen LogP contribution < -0.4 is 10.5 Å². The van der Waals surface area contributed by atoms with Crippen LogP contribution in [0.1, 0.15) is 49.4 Å². The molecule has 0 atom stereocenters. The van der Waals surface area contributed by atoms with Crippen molar-refractivity contribution in [3.8, 4) is 5.88 Å². The summed E-state index contributed by atoms with van der Waals surface area (Å²) >= 11 is 0. The van der Waals surface area contributed by atoms with Crippen molar-refractivity contribution >= 4 is 0 Å². The van der Waals surface area contributed by atoms with E-state index >= 15 is 0 Å². The van der Waals surface area contributed by atoms with Crippen molar-refractivity contribution in [3.63, 3.8) is 0 Å². The zero-order chi connectivity index (χ0) is 13.1. The molecule has 1 aliphatic carbocycles. The van der Waals surface area contributed by atoms with Crippen LogP contribution in [0.3, 0.4) is 0 Å². The molecule has 0 spiro atoms. The van der Waals surface area contributed by atoms with Crippen molar-refractivity contribution in [2.75, 3.05) is 0 Å². The SMILES string of the molecule is Cc1nnc(OC2CCC(C)CC2)c(CN)c1C. The first kappa shape index (κ1) is 13.3. The molecule has 2 rings (SSSR count). The molecule has 2 N–H and O–H groups in total. The molecule has 1 aliphatic rings. The molecule has 0 unspecified atom stereocenters. The zero-order valence-corrected chi connectivity index (χ0v) is 11.6. The molecule has 1 aromatic heterocycles. The van der Waals surface area contributed by atoms with Crippen LogP contribution in [0, 0.1) is 19.8 Å². The molecule has 100 valence electrons. The predicted octanol–water partition coefficient (Wildman–Crippen LogP) is 2.51. The highest BCUT2D eigenvalue weighted by atomic mass is 16.5. The molecule has 4 heteroatoms. The van der Waals surface area contributed by atoms with Crippen molar-refractivity contribution in [2.24, 2.45) is 11.7 Å². The van der Waals surface area contributed by atoms with E-state index in [1.165, 1.54) is 12.8 Å². The van der Waals surface area contributed by atoms with Crippen molar-refractivity contribution in [1.29, 1.82) is 0 Å². The molecule has 1 fully saturated rings. The fourth-order valence-electron chi connectivity index (χ4n) is 2.47. The summed E-state index contributed by atoms with van der Waals surface area (Å²) in [6.45, 7) is 6.74. The highest BCUT2D eigenvalue weighted by Gasteiger charge is 2.21. The highest BCUT2D eigenvalue weighted by Crippen LogP contribution is 2.28. The van der Waals surface area contributed by atoms with Crippen molar-refractivity contribution in [2.45, 2.75) is 59.1 Å². The van der Waals surface area contributed by atoms with Gasteiger partial charge in [0.15, 0.2) is 0 Å². The Morgan fingerprint density at radius 1 is 1.17 bits per heavy atom. The summed E-state index contributed by atoms with van der Waals surface area (Å²) in [5, 5.41) is 8.31. The second-order valence-electron chi connectivity index (χ2n) is 5.40. The summed E-state index contributed by atoms with van der Waals surface area (Å²) < 4.78 is 6.01. The van der Waals surface area contributed by atoms with Gasteiger partial charge in [-0.2, -0.15) is 5.10 Å². The van der Waals surface area contributed by atoms with Crippen molar-refractivity contribution in [1.82, 2.24) is 10.2 Å². The van der Waals surface area contributed by atoms with Gasteiger partial charge in [-0.25, -0.2) is 0 Å². The van der Waals surface area contributed by atoms with Crippen LogP contribution >= 0.6 is 0 Å². The van der Waals surface area contributed by atoms with Crippen LogP contribution in [0.15, 0.2) is 0 Å². The molecule has 0 radical (unpaired) electrons. The summed E-state index contributed by atoms with van der Waals surface area (Å²) in [5.41, 5.74) is 8.83. The molecule has 18 heavy (non-hydrogen) atoms. The minimum atomic E-state index is 0.280. The van der Waals surface area contributed by atoms with Crippen LogP contribution in [-0.2, 0) is 6.54 Å². The lowest BCUT2D eigenvalue weighted by molar-refractivity contribution is 0.127. The molecular formula is C14H23N3O. The molecule has 4 nitrogen and oxygen atoms in total. The zero-order valence-electron chi connectivity index (χ0n) is 11.6. The van der Waals surface area contributed by atoms with Crippen LogP contribution in [0.2, 0.25) is 0 Å². The predicted molar refractivity (Wildman–Crippen MR) is 71.4 cm³/mol. The first-order valence-corrected chi connectivity index (χ1v) is 6.81. The van der Waals surface area contributed by atoms with E-state index in [0.29, 0.717) is 12.4 Å². The van der Waals surface area contributed by atoms with E-state index < -0.39 is 0 Å². The number of nitrogens with zero attached hydrogens (tertiary/aromatic N) is 2. The van der Waals surface area contributed by atoms with Crippen molar-refractivity contribution in [3.05, 3.63) is 16.8 Å². The Labute approximate surface area is 109 Å². The maximum absolute atomic E-state index is 6.01. The van der Waals surface area contributed by atoms with E-state index in [1.807, 2.05) is 13.8 Å². The number of nitrogens with two attached hydrogens (primary N) is 1. The molecule has 1 saturated carbocycles. The Morgan fingerprint density at radius 3 is 2.44 bits per heavy atom. The first-order chi connectivity index (χ1) is 8.61. The molecule has 0 bridgehead atoms. The Bertz CT molecular complexity index is 412. The van der Waals surface area contributed by atoms with E-state index in [1.54, 1.807) is 0 Å². The fraction of sp³-hybridized carbons (Fsp3) is 0.714. The third kappa shape index (κ3) is 2.80. The van der Waals surface area contributed by atoms with E-state index in [-0.39, 0.29) is 6.10 Å². The van der Waals surface area contributed by atoms with Crippen LogP contribution in [-0.4, -0.2) is 16.3 Å². The Balaban J connectivity index is 2.11. The van der Waals surface area contributed by atoms with E-state index in [0.717, 1.165) is 35.6 Å². The minimum absolute atomic E-state index is 0.280. The quantitative estimate of drug-likeness (QED) is 0.894. The second-order valence-corrected chi connectivity index (χ2v) is 5.40. The second kappa shape index (κ2) is 5.65. The van der Waals surface area contributed by atoms with E-state index in [4.69, 9.17) is 10.5 Å². The summed E-state index contributed by atoms with van der Waals surface area (Å²) in [7, 11) is 0. The Hall–Kier alpha value is -1.16. The van der Waals surface area contributed by atoms with E-state index in [9.17, 15) is 0 Å². The van der Waals surface area contributed by atoms with Gasteiger partial charge in [-0.15, -0.1) is 5.10 Å². The van der Waals surface area contributed by atoms with Crippen LogP contribution in [0.4, 0.5) is 0 Å². The molecule has 0 aliphatic heterocycles. The lowest BCUT2D eigenvalue weighted by Gasteiger charge is -2.27. The minimum Gasteiger partial charge on any atom is -0.473 e. The number of ether oxygens (including phenoxy) is 1. The van der Waals surface area contributed by atoms with Gasteiger partial charge in [0, 0.05) is 12.1 Å². The lowest BCUT2D eigenvalue weighted by atomic mass is 9.89. The molecule has 0 aromatic carbocycles. The van der Waals surface area contributed by atoms with Gasteiger partial charge in [0.25, 0.3) is 0 Å². The third-order valence-corrected chi connectivity index (χ3v) is 3.99. The van der Waals surface area contributed by atoms with E-state index in [2.05, 4.69) is 17.1 Å². The summed E-state index contributed by atoms with van der Waals surface area (Å²) in [5.74, 6) is 1.46. The fourth-order valence-corrected chi connectivity index (χ4v) is 2.47. The normalized spacial score (nSPS) is 24.0. The van der Waals surface area contributed by atoms with Crippen LogP contribution in [0.5, 0.6) is 5.88 Å². The first-order valence-electron chi connectivity index (χ1n) is 6.81. The maximum Gasteiger partial charge on any atom is 0.238 e. The topological polar surface area (TPSA) is 61.0 Å². The van der Waals surface area contributed by atoms with Gasteiger partial charge >= 0.3 is 0 Å². The Morgan fingerprint density at radius 2 is 1.83 bits per heavy atom. The average molecular weight is 249 g/mol. The standard InChI is InChI=1S/C14H23N3O/c1-9-4-6-12(7-5-9)18-14-13(8-15)10(2)11(3)16-17-14/h9,12H,4-8,15H2,1-3H3. The number of hydrogen-bond donors (Lipinski definition) is 1. The maximum atomic E-state index is 6.01. The van der Waals surface area contributed by atoms with Gasteiger partial charge in [0.2, 0.25) is 5.88 Å². The summed E-state index contributed by atoms with van der Waals surface area (Å²) in [6.07, 6.45) is 4.98. The molecule has 1 heterocycles.